The van der Waals surface area contributed by atoms with Crippen LogP contribution in [0.25, 0.3) is 0 Å². The SMILES string of the molecule is O=C(Cn1cncn1)NCc1ccc(C(F)(F)F)cc1. The Morgan fingerprint density at radius 3 is 2.50 bits per heavy atom. The highest BCUT2D eigenvalue weighted by atomic mass is 19.4. The van der Waals surface area contributed by atoms with Crippen molar-refractivity contribution in [2.45, 2.75) is 19.3 Å². The van der Waals surface area contributed by atoms with Gasteiger partial charge in [0.25, 0.3) is 0 Å². The third kappa shape index (κ3) is 3.81. The molecule has 8 heteroatoms. The number of hydrogen-bond donors (Lipinski definition) is 1. The van der Waals surface area contributed by atoms with Crippen molar-refractivity contribution < 1.29 is 18.0 Å². The number of rotatable bonds is 4. The molecule has 0 radical (unpaired) electrons. The van der Waals surface area contributed by atoms with Crippen molar-refractivity contribution in [1.82, 2.24) is 20.1 Å². The van der Waals surface area contributed by atoms with Gasteiger partial charge in [-0.3, -0.25) is 4.79 Å². The Bertz CT molecular complexity index is 563. The maximum Gasteiger partial charge on any atom is 0.416 e. The third-order valence-electron chi connectivity index (χ3n) is 2.54. The van der Waals surface area contributed by atoms with Crippen LogP contribution < -0.4 is 5.32 Å². The van der Waals surface area contributed by atoms with Crippen molar-refractivity contribution in [3.63, 3.8) is 0 Å². The Labute approximate surface area is 112 Å². The van der Waals surface area contributed by atoms with Gasteiger partial charge in [0.15, 0.2) is 0 Å². The monoisotopic (exact) mass is 284 g/mol. The van der Waals surface area contributed by atoms with Gasteiger partial charge in [0.1, 0.15) is 19.2 Å². The molecule has 0 bridgehead atoms. The highest BCUT2D eigenvalue weighted by Crippen LogP contribution is 2.28. The quantitative estimate of drug-likeness (QED) is 0.928. The number of alkyl halides is 3. The molecule has 0 atom stereocenters. The normalized spacial score (nSPS) is 11.3. The average Bonchev–Trinajstić information content (AvgIpc) is 2.88. The smallest absolute Gasteiger partial charge is 0.350 e. The summed E-state index contributed by atoms with van der Waals surface area (Å²) in [4.78, 5) is 15.2. The van der Waals surface area contributed by atoms with Gasteiger partial charge < -0.3 is 5.32 Å². The first-order chi connectivity index (χ1) is 9.45. The van der Waals surface area contributed by atoms with Crippen LogP contribution >= 0.6 is 0 Å². The van der Waals surface area contributed by atoms with E-state index in [1.54, 1.807) is 0 Å². The van der Waals surface area contributed by atoms with E-state index in [4.69, 9.17) is 0 Å². The summed E-state index contributed by atoms with van der Waals surface area (Å²) in [7, 11) is 0. The molecule has 1 amide bonds. The summed E-state index contributed by atoms with van der Waals surface area (Å²) in [6, 6.07) is 4.63. The van der Waals surface area contributed by atoms with Crippen molar-refractivity contribution in [1.29, 1.82) is 0 Å². The second-order valence-corrected chi connectivity index (χ2v) is 4.06. The largest absolute Gasteiger partial charge is 0.416 e. The van der Waals surface area contributed by atoms with Crippen LogP contribution in [-0.4, -0.2) is 20.7 Å². The van der Waals surface area contributed by atoms with Crippen molar-refractivity contribution in [2.24, 2.45) is 0 Å². The van der Waals surface area contributed by atoms with Gasteiger partial charge >= 0.3 is 6.18 Å². The van der Waals surface area contributed by atoms with Crippen LogP contribution in [0.2, 0.25) is 0 Å². The molecule has 0 saturated carbocycles. The fraction of sp³-hybridized carbons (Fsp3) is 0.250. The molecule has 0 spiro atoms. The Morgan fingerprint density at radius 1 is 1.25 bits per heavy atom. The molecule has 0 aliphatic rings. The Morgan fingerprint density at radius 2 is 1.95 bits per heavy atom. The minimum Gasteiger partial charge on any atom is -0.350 e. The standard InChI is InChI=1S/C12H11F3N4O/c13-12(14,15)10-3-1-9(2-4-10)5-17-11(20)6-19-8-16-7-18-19/h1-4,7-8H,5-6H2,(H,17,20). The summed E-state index contributed by atoms with van der Waals surface area (Å²) in [5.41, 5.74) is -0.125. The average molecular weight is 284 g/mol. The Hall–Kier alpha value is -2.38. The molecule has 1 N–H and O–H groups in total. The van der Waals surface area contributed by atoms with E-state index in [0.717, 1.165) is 12.1 Å². The van der Waals surface area contributed by atoms with Crippen molar-refractivity contribution in [2.75, 3.05) is 0 Å². The fourth-order valence-electron chi connectivity index (χ4n) is 1.53. The van der Waals surface area contributed by atoms with Crippen LogP contribution in [0.15, 0.2) is 36.9 Å². The second kappa shape index (κ2) is 5.72. The van der Waals surface area contributed by atoms with Gasteiger partial charge in [-0.25, -0.2) is 9.67 Å². The highest BCUT2D eigenvalue weighted by molar-refractivity contribution is 5.75. The van der Waals surface area contributed by atoms with E-state index < -0.39 is 11.7 Å². The zero-order valence-corrected chi connectivity index (χ0v) is 10.3. The predicted molar refractivity (Wildman–Crippen MR) is 63.3 cm³/mol. The number of carbonyl (C=O) groups is 1. The fourth-order valence-corrected chi connectivity index (χ4v) is 1.53. The highest BCUT2D eigenvalue weighted by Gasteiger charge is 2.29. The molecule has 106 valence electrons. The summed E-state index contributed by atoms with van der Waals surface area (Å²) in [5, 5.41) is 6.36. The molecule has 0 aliphatic heterocycles. The van der Waals surface area contributed by atoms with E-state index >= 15 is 0 Å². The molecular weight excluding hydrogens is 273 g/mol. The van der Waals surface area contributed by atoms with Crippen LogP contribution in [-0.2, 0) is 24.1 Å². The minimum absolute atomic E-state index is 0.0145. The van der Waals surface area contributed by atoms with Gasteiger partial charge in [-0.05, 0) is 17.7 Å². The zero-order chi connectivity index (χ0) is 14.6. The lowest BCUT2D eigenvalue weighted by Crippen LogP contribution is -2.27. The Kier molecular flexibility index (Phi) is 4.02. The van der Waals surface area contributed by atoms with Crippen LogP contribution in [0.4, 0.5) is 13.2 Å². The molecule has 0 aliphatic carbocycles. The molecule has 1 aromatic heterocycles. The third-order valence-corrected chi connectivity index (χ3v) is 2.54. The number of nitrogens with zero attached hydrogens (tertiary/aromatic N) is 3. The van der Waals surface area contributed by atoms with Crippen molar-refractivity contribution >= 4 is 5.91 Å². The first kappa shape index (κ1) is 14.0. The van der Waals surface area contributed by atoms with Crippen LogP contribution in [0.1, 0.15) is 11.1 Å². The predicted octanol–water partition coefficient (Wildman–Crippen LogP) is 1.61. The van der Waals surface area contributed by atoms with Crippen LogP contribution in [0.5, 0.6) is 0 Å². The van der Waals surface area contributed by atoms with Gasteiger partial charge in [0.05, 0.1) is 5.56 Å². The van der Waals surface area contributed by atoms with E-state index in [0.29, 0.717) is 5.56 Å². The molecule has 0 unspecified atom stereocenters. The second-order valence-electron chi connectivity index (χ2n) is 4.06. The number of amides is 1. The topological polar surface area (TPSA) is 59.8 Å². The van der Waals surface area contributed by atoms with Gasteiger partial charge in [-0.15, -0.1) is 0 Å². The molecular formula is C12H11F3N4O. The molecule has 2 aromatic rings. The number of benzene rings is 1. The summed E-state index contributed by atoms with van der Waals surface area (Å²) in [6.45, 7) is 0.173. The van der Waals surface area contributed by atoms with E-state index in [9.17, 15) is 18.0 Å². The molecule has 0 saturated heterocycles. The van der Waals surface area contributed by atoms with Gasteiger partial charge in [0, 0.05) is 6.54 Å². The van der Waals surface area contributed by atoms with Crippen LogP contribution in [0, 0.1) is 0 Å². The van der Waals surface area contributed by atoms with E-state index in [1.807, 2.05) is 0 Å². The van der Waals surface area contributed by atoms with Crippen LogP contribution in [0.3, 0.4) is 0 Å². The lowest BCUT2D eigenvalue weighted by molar-refractivity contribution is -0.137. The summed E-state index contributed by atoms with van der Waals surface area (Å²) >= 11 is 0. The number of aromatic nitrogens is 3. The van der Waals surface area contributed by atoms with E-state index in [-0.39, 0.29) is 19.0 Å². The number of halogens is 3. The maximum absolute atomic E-state index is 12.4. The van der Waals surface area contributed by atoms with Crippen molar-refractivity contribution in [3.05, 3.63) is 48.0 Å². The molecule has 1 heterocycles. The number of nitrogens with one attached hydrogen (secondary N) is 1. The molecule has 20 heavy (non-hydrogen) atoms. The zero-order valence-electron chi connectivity index (χ0n) is 10.3. The van der Waals surface area contributed by atoms with Gasteiger partial charge in [-0.1, -0.05) is 12.1 Å². The lowest BCUT2D eigenvalue weighted by atomic mass is 10.1. The lowest BCUT2D eigenvalue weighted by Gasteiger charge is -2.08. The molecule has 2 rings (SSSR count). The van der Waals surface area contributed by atoms with Gasteiger partial charge in [-0.2, -0.15) is 18.3 Å². The Balaban J connectivity index is 1.86. The summed E-state index contributed by atoms with van der Waals surface area (Å²) in [6.07, 6.45) is -1.64. The number of carbonyl (C=O) groups excluding carboxylic acids is 1. The first-order valence-corrected chi connectivity index (χ1v) is 5.70. The van der Waals surface area contributed by atoms with E-state index in [1.165, 1.54) is 29.5 Å². The summed E-state index contributed by atoms with van der Waals surface area (Å²) in [5.74, 6) is -0.296. The minimum atomic E-state index is -4.35. The molecule has 1 aromatic carbocycles. The molecule has 5 nitrogen and oxygen atoms in total. The maximum atomic E-state index is 12.4. The summed E-state index contributed by atoms with van der Waals surface area (Å²) < 4.78 is 38.4. The molecule has 0 fully saturated rings. The van der Waals surface area contributed by atoms with Gasteiger partial charge in [0.2, 0.25) is 5.91 Å². The van der Waals surface area contributed by atoms with E-state index in [2.05, 4.69) is 15.4 Å². The number of hydrogen-bond acceptors (Lipinski definition) is 3. The first-order valence-electron chi connectivity index (χ1n) is 5.70. The van der Waals surface area contributed by atoms with Crippen molar-refractivity contribution in [3.8, 4) is 0 Å².